The van der Waals surface area contributed by atoms with Gasteiger partial charge in [-0.2, -0.15) is 10.4 Å². The van der Waals surface area contributed by atoms with E-state index in [4.69, 9.17) is 0 Å². The first-order valence-corrected chi connectivity index (χ1v) is 7.93. The van der Waals surface area contributed by atoms with Crippen molar-refractivity contribution in [2.75, 3.05) is 18.0 Å². The van der Waals surface area contributed by atoms with Crippen LogP contribution >= 0.6 is 0 Å². The van der Waals surface area contributed by atoms with E-state index < -0.39 is 11.2 Å². The largest absolute Gasteiger partial charge is 0.366 e. The second-order valence-electron chi connectivity index (χ2n) is 6.65. The van der Waals surface area contributed by atoms with Crippen molar-refractivity contribution in [3.63, 3.8) is 0 Å². The minimum atomic E-state index is -0.562. The van der Waals surface area contributed by atoms with Crippen LogP contribution in [0.2, 0.25) is 0 Å². The Bertz CT molecular complexity index is 1170. The Morgan fingerprint density at radius 3 is 3.04 bits per heavy atom. The molecule has 4 heterocycles. The predicted molar refractivity (Wildman–Crippen MR) is 88.0 cm³/mol. The summed E-state index contributed by atoms with van der Waals surface area (Å²) in [5.41, 5.74) is 0.914. The van der Waals surface area contributed by atoms with Crippen LogP contribution in [0.5, 0.6) is 0 Å². The monoisotopic (exact) mass is 335 g/mol. The van der Waals surface area contributed by atoms with Crippen molar-refractivity contribution in [1.29, 1.82) is 5.26 Å². The van der Waals surface area contributed by atoms with Gasteiger partial charge in [-0.25, -0.2) is 14.3 Å². The number of nitriles is 1. The summed E-state index contributed by atoms with van der Waals surface area (Å²) in [5.74, 6) is 0.389. The first-order valence-electron chi connectivity index (χ1n) is 7.93. The lowest BCUT2D eigenvalue weighted by Gasteiger charge is -2.22. The third kappa shape index (κ3) is 1.94. The Hall–Kier alpha value is -3.41. The SMILES string of the molecule is N#CC12CC1CN(c1cc(-c3c[nH]c(=O)[nH]c3=O)nn3ccnc13)C2. The van der Waals surface area contributed by atoms with E-state index in [2.05, 4.69) is 31.0 Å². The second kappa shape index (κ2) is 4.57. The number of anilines is 1. The molecule has 1 aliphatic carbocycles. The number of piperidine rings is 1. The fourth-order valence-electron chi connectivity index (χ4n) is 3.71. The number of nitrogens with zero attached hydrogens (tertiary/aromatic N) is 5. The first-order chi connectivity index (χ1) is 12.1. The lowest BCUT2D eigenvalue weighted by Crippen LogP contribution is -2.26. The number of hydrogen-bond acceptors (Lipinski definition) is 6. The van der Waals surface area contributed by atoms with Gasteiger partial charge in [0.25, 0.3) is 5.56 Å². The Labute approximate surface area is 140 Å². The molecule has 2 atom stereocenters. The number of aromatic amines is 2. The van der Waals surface area contributed by atoms with Gasteiger partial charge in [-0.1, -0.05) is 0 Å². The van der Waals surface area contributed by atoms with E-state index in [0.29, 0.717) is 23.8 Å². The summed E-state index contributed by atoms with van der Waals surface area (Å²) in [4.78, 5) is 34.5. The summed E-state index contributed by atoms with van der Waals surface area (Å²) >= 11 is 0. The Kier molecular flexibility index (Phi) is 2.55. The molecular weight excluding hydrogens is 322 g/mol. The van der Waals surface area contributed by atoms with Crippen molar-refractivity contribution < 1.29 is 0 Å². The smallest absolute Gasteiger partial charge is 0.325 e. The van der Waals surface area contributed by atoms with Gasteiger partial charge in [-0.05, 0) is 18.4 Å². The molecule has 2 unspecified atom stereocenters. The van der Waals surface area contributed by atoms with Gasteiger partial charge in [-0.3, -0.25) is 9.78 Å². The van der Waals surface area contributed by atoms with Crippen LogP contribution in [-0.2, 0) is 0 Å². The van der Waals surface area contributed by atoms with E-state index in [1.807, 2.05) is 0 Å². The molecule has 9 nitrogen and oxygen atoms in total. The van der Waals surface area contributed by atoms with E-state index in [0.717, 1.165) is 18.7 Å². The van der Waals surface area contributed by atoms with Crippen LogP contribution in [0.3, 0.4) is 0 Å². The average Bonchev–Trinajstić information content (AvgIpc) is 2.96. The van der Waals surface area contributed by atoms with Crippen molar-refractivity contribution >= 4 is 11.3 Å². The molecule has 0 bridgehead atoms. The quantitative estimate of drug-likeness (QED) is 0.686. The fourth-order valence-corrected chi connectivity index (χ4v) is 3.71. The molecular formula is C16H13N7O2. The molecule has 3 aromatic rings. The minimum Gasteiger partial charge on any atom is -0.366 e. The van der Waals surface area contributed by atoms with Gasteiger partial charge in [0.1, 0.15) is 5.69 Å². The van der Waals surface area contributed by atoms with Gasteiger partial charge in [0, 0.05) is 31.7 Å². The normalized spacial score (nSPS) is 24.3. The molecule has 0 radical (unpaired) electrons. The highest BCUT2D eigenvalue weighted by Crippen LogP contribution is 2.58. The third-order valence-corrected chi connectivity index (χ3v) is 5.14. The van der Waals surface area contributed by atoms with E-state index in [-0.39, 0.29) is 11.0 Å². The van der Waals surface area contributed by atoms with Gasteiger partial charge in [-0.15, -0.1) is 0 Å². The van der Waals surface area contributed by atoms with Gasteiger partial charge in [0.2, 0.25) is 0 Å². The van der Waals surface area contributed by atoms with Gasteiger partial charge >= 0.3 is 5.69 Å². The Morgan fingerprint density at radius 2 is 2.28 bits per heavy atom. The van der Waals surface area contributed by atoms with Crippen molar-refractivity contribution in [2.24, 2.45) is 11.3 Å². The molecule has 0 amide bonds. The molecule has 0 aromatic carbocycles. The Morgan fingerprint density at radius 1 is 1.40 bits per heavy atom. The summed E-state index contributed by atoms with van der Waals surface area (Å²) in [7, 11) is 0. The molecule has 3 aromatic heterocycles. The van der Waals surface area contributed by atoms with Crippen LogP contribution in [0.15, 0.2) is 34.2 Å². The summed E-state index contributed by atoms with van der Waals surface area (Å²) in [6.07, 6.45) is 5.65. The number of nitrogens with one attached hydrogen (secondary N) is 2. The van der Waals surface area contributed by atoms with E-state index in [1.54, 1.807) is 23.0 Å². The minimum absolute atomic E-state index is 0.248. The van der Waals surface area contributed by atoms with Gasteiger partial charge in [0.05, 0.1) is 22.7 Å². The standard InChI is InChI=1S/C16H13N7O2/c17-7-16-4-9(16)6-22(8-16)12-3-11(21-23-2-1-18-13(12)23)10-5-19-15(25)20-14(10)24/h1-3,5,9H,4,6,8H2,(H2,19,20,24,25). The molecule has 25 heavy (non-hydrogen) atoms. The van der Waals surface area contributed by atoms with Gasteiger partial charge in [0.15, 0.2) is 5.65 Å². The maximum atomic E-state index is 12.1. The number of rotatable bonds is 2. The first kappa shape index (κ1) is 14.0. The molecule has 5 rings (SSSR count). The highest BCUT2D eigenvalue weighted by Gasteiger charge is 2.61. The zero-order chi connectivity index (χ0) is 17.2. The molecule has 2 fully saturated rings. The molecule has 124 valence electrons. The number of hydrogen-bond donors (Lipinski definition) is 2. The Balaban J connectivity index is 1.67. The molecule has 1 saturated heterocycles. The molecule has 9 heteroatoms. The van der Waals surface area contributed by atoms with Crippen molar-refractivity contribution in [3.8, 4) is 17.3 Å². The highest BCUT2D eigenvalue weighted by atomic mass is 16.2. The number of H-pyrrole nitrogens is 2. The van der Waals surface area contributed by atoms with Gasteiger partial charge < -0.3 is 9.88 Å². The number of fused-ring (bicyclic) bond motifs is 2. The zero-order valence-electron chi connectivity index (χ0n) is 13.1. The summed E-state index contributed by atoms with van der Waals surface area (Å²) in [5, 5.41) is 13.8. The third-order valence-electron chi connectivity index (χ3n) is 5.14. The van der Waals surface area contributed by atoms with Crippen molar-refractivity contribution in [1.82, 2.24) is 24.6 Å². The molecule has 1 aliphatic heterocycles. The fraction of sp³-hybridized carbons (Fsp3) is 0.312. The molecule has 2 N–H and O–H groups in total. The molecule has 0 spiro atoms. The highest BCUT2D eigenvalue weighted by molar-refractivity contribution is 5.75. The maximum absolute atomic E-state index is 12.1. The summed E-state index contributed by atoms with van der Waals surface area (Å²) in [6.45, 7) is 1.45. The molecule has 2 aliphatic rings. The number of aromatic nitrogens is 5. The van der Waals surface area contributed by atoms with E-state index in [1.165, 1.54) is 6.20 Å². The lowest BCUT2D eigenvalue weighted by molar-refractivity contribution is 0.694. The van der Waals surface area contributed by atoms with Crippen molar-refractivity contribution in [3.05, 3.63) is 45.5 Å². The maximum Gasteiger partial charge on any atom is 0.325 e. The van der Waals surface area contributed by atoms with E-state index >= 15 is 0 Å². The topological polar surface area (TPSA) is 123 Å². The summed E-state index contributed by atoms with van der Waals surface area (Å²) < 4.78 is 1.61. The van der Waals surface area contributed by atoms with E-state index in [9.17, 15) is 14.9 Å². The second-order valence-corrected chi connectivity index (χ2v) is 6.65. The lowest BCUT2D eigenvalue weighted by atomic mass is 10.1. The summed E-state index contributed by atoms with van der Waals surface area (Å²) in [6, 6.07) is 4.23. The van der Waals surface area contributed by atoms with Crippen LogP contribution in [-0.4, -0.2) is 37.7 Å². The van der Waals surface area contributed by atoms with Crippen LogP contribution < -0.4 is 16.1 Å². The van der Waals surface area contributed by atoms with Crippen molar-refractivity contribution in [2.45, 2.75) is 6.42 Å². The number of imidazole rings is 1. The molecule has 1 saturated carbocycles. The average molecular weight is 335 g/mol. The zero-order valence-corrected chi connectivity index (χ0v) is 13.1. The van der Waals surface area contributed by atoms with Crippen LogP contribution in [0.4, 0.5) is 5.69 Å². The van der Waals surface area contributed by atoms with Crippen LogP contribution in [0, 0.1) is 22.7 Å². The van der Waals surface area contributed by atoms with Crippen LogP contribution in [0.1, 0.15) is 6.42 Å². The van der Waals surface area contributed by atoms with Crippen LogP contribution in [0.25, 0.3) is 16.9 Å². The predicted octanol–water partition coefficient (Wildman–Crippen LogP) is 0.123.